The molecule has 0 bridgehead atoms. The van der Waals surface area contributed by atoms with Crippen molar-refractivity contribution in [2.24, 2.45) is 5.10 Å². The van der Waals surface area contributed by atoms with Crippen LogP contribution in [0.2, 0.25) is 0 Å². The van der Waals surface area contributed by atoms with Crippen LogP contribution in [0.3, 0.4) is 0 Å². The number of hydrazone groups is 1. The number of ether oxygens (including phenoxy) is 2. The molecule has 0 unspecified atom stereocenters. The highest BCUT2D eigenvalue weighted by Gasteiger charge is 2.25. The number of hydrogen-bond acceptors (Lipinski definition) is 10. The Hall–Kier alpha value is -4.74. The fraction of sp³-hybridized carbons (Fsp3) is 0.100. The summed E-state index contributed by atoms with van der Waals surface area (Å²) in [5, 5.41) is 19.6. The van der Waals surface area contributed by atoms with Gasteiger partial charge >= 0.3 is 0 Å². The summed E-state index contributed by atoms with van der Waals surface area (Å²) >= 11 is 0. The molecule has 0 spiro atoms. The van der Waals surface area contributed by atoms with Crippen LogP contribution in [0.25, 0.3) is 17.1 Å². The average molecular weight is 432 g/mol. The van der Waals surface area contributed by atoms with E-state index in [2.05, 4.69) is 35.8 Å². The van der Waals surface area contributed by atoms with Gasteiger partial charge in [-0.25, -0.2) is 10.1 Å². The number of aromatic nitrogens is 5. The van der Waals surface area contributed by atoms with E-state index in [0.717, 1.165) is 5.56 Å². The van der Waals surface area contributed by atoms with Crippen LogP contribution in [0, 0.1) is 0 Å². The van der Waals surface area contributed by atoms with Gasteiger partial charge in [-0.05, 0) is 35.4 Å². The first kappa shape index (κ1) is 19.2. The first-order valence-electron chi connectivity index (χ1n) is 9.46. The number of anilines is 1. The smallest absolute Gasteiger partial charge is 0.294 e. The molecule has 0 radical (unpaired) electrons. The number of nitrogens with two attached hydrogens (primary N) is 1. The Kier molecular flexibility index (Phi) is 4.71. The molecule has 1 aliphatic heterocycles. The van der Waals surface area contributed by atoms with E-state index in [1.54, 1.807) is 31.2 Å². The minimum atomic E-state index is -0.565. The molecule has 160 valence electrons. The van der Waals surface area contributed by atoms with Crippen molar-refractivity contribution in [1.29, 1.82) is 0 Å². The maximum absolute atomic E-state index is 13.0. The van der Waals surface area contributed by atoms with E-state index in [4.69, 9.17) is 15.2 Å². The second-order valence-electron chi connectivity index (χ2n) is 6.74. The van der Waals surface area contributed by atoms with Crippen LogP contribution in [0.5, 0.6) is 11.5 Å². The van der Waals surface area contributed by atoms with Crippen LogP contribution >= 0.6 is 0 Å². The van der Waals surface area contributed by atoms with Crippen molar-refractivity contribution < 1.29 is 18.9 Å². The highest BCUT2D eigenvalue weighted by molar-refractivity contribution is 6.02. The Morgan fingerprint density at radius 1 is 1.12 bits per heavy atom. The predicted octanol–water partition coefficient (Wildman–Crippen LogP) is 1.78. The lowest BCUT2D eigenvalue weighted by atomic mass is 10.1. The maximum Gasteiger partial charge on any atom is 0.294 e. The normalized spacial score (nSPS) is 12.7. The zero-order chi connectivity index (χ0) is 22.1. The Morgan fingerprint density at radius 2 is 1.94 bits per heavy atom. The summed E-state index contributed by atoms with van der Waals surface area (Å²) in [5.41, 5.74) is 10.7. The van der Waals surface area contributed by atoms with Crippen LogP contribution < -0.4 is 20.6 Å². The van der Waals surface area contributed by atoms with E-state index in [0.29, 0.717) is 28.5 Å². The predicted molar refractivity (Wildman–Crippen MR) is 111 cm³/mol. The lowest BCUT2D eigenvalue weighted by Crippen LogP contribution is -2.21. The van der Waals surface area contributed by atoms with Crippen LogP contribution in [0.15, 0.2) is 58.3 Å². The molecule has 0 saturated carbocycles. The molecule has 1 amide bonds. The minimum absolute atomic E-state index is 0.00992. The zero-order valence-electron chi connectivity index (χ0n) is 16.7. The maximum atomic E-state index is 13.0. The summed E-state index contributed by atoms with van der Waals surface area (Å²) < 4.78 is 16.7. The van der Waals surface area contributed by atoms with Crippen molar-refractivity contribution in [3.63, 3.8) is 0 Å². The molecule has 0 atom stereocenters. The number of amides is 1. The molecule has 2 aromatic heterocycles. The minimum Gasteiger partial charge on any atom is -0.454 e. The van der Waals surface area contributed by atoms with Crippen molar-refractivity contribution in [1.82, 2.24) is 30.7 Å². The Balaban J connectivity index is 1.47. The quantitative estimate of drug-likeness (QED) is 0.354. The molecule has 5 rings (SSSR count). The van der Waals surface area contributed by atoms with Crippen molar-refractivity contribution in [2.45, 2.75) is 6.92 Å². The molecule has 12 nitrogen and oxygen atoms in total. The number of benzene rings is 2. The number of nitrogen functional groups attached to an aromatic ring is 1. The lowest BCUT2D eigenvalue weighted by molar-refractivity contribution is 0.0950. The third-order valence-corrected chi connectivity index (χ3v) is 4.74. The van der Waals surface area contributed by atoms with Gasteiger partial charge in [-0.1, -0.05) is 35.5 Å². The zero-order valence-corrected chi connectivity index (χ0v) is 16.7. The summed E-state index contributed by atoms with van der Waals surface area (Å²) in [5.74, 6) is 0.851. The van der Waals surface area contributed by atoms with Gasteiger partial charge in [0.2, 0.25) is 18.4 Å². The number of rotatable bonds is 5. The topological polar surface area (TPSA) is 156 Å². The van der Waals surface area contributed by atoms with Gasteiger partial charge in [0.05, 0.1) is 5.71 Å². The van der Waals surface area contributed by atoms with Gasteiger partial charge in [0.1, 0.15) is 5.69 Å². The monoisotopic (exact) mass is 432 g/mol. The summed E-state index contributed by atoms with van der Waals surface area (Å²) in [6.45, 7) is 1.93. The molecule has 3 heterocycles. The van der Waals surface area contributed by atoms with Gasteiger partial charge in [0.25, 0.3) is 5.91 Å². The van der Waals surface area contributed by atoms with Gasteiger partial charge in [0, 0.05) is 11.1 Å². The van der Waals surface area contributed by atoms with E-state index in [1.165, 1.54) is 4.68 Å². The number of carbonyl (C=O) groups excluding carboxylic acids is 1. The Bertz CT molecular complexity index is 1330. The number of hydrogen-bond donors (Lipinski definition) is 2. The average Bonchev–Trinajstić information content (AvgIpc) is 3.56. The van der Waals surface area contributed by atoms with E-state index in [9.17, 15) is 4.79 Å². The third-order valence-electron chi connectivity index (χ3n) is 4.74. The summed E-state index contributed by atoms with van der Waals surface area (Å²) in [7, 11) is 0. The van der Waals surface area contributed by atoms with E-state index in [1.807, 2.05) is 24.3 Å². The molecule has 1 aliphatic rings. The molecule has 0 fully saturated rings. The molecular weight excluding hydrogens is 416 g/mol. The Labute approximate surface area is 180 Å². The Morgan fingerprint density at radius 3 is 2.72 bits per heavy atom. The van der Waals surface area contributed by atoms with Gasteiger partial charge < -0.3 is 15.2 Å². The van der Waals surface area contributed by atoms with Crippen molar-refractivity contribution in [3.8, 4) is 28.6 Å². The SMILES string of the molecule is CC(=NNC(=O)c1nnn(-c2nonc2N)c1-c1ccccc1)c1ccc2c(c1)OCO2. The molecule has 0 saturated heterocycles. The summed E-state index contributed by atoms with van der Waals surface area (Å²) in [6, 6.07) is 14.5. The molecule has 4 aromatic rings. The summed E-state index contributed by atoms with van der Waals surface area (Å²) in [4.78, 5) is 13.0. The van der Waals surface area contributed by atoms with Crippen LogP contribution in [0.4, 0.5) is 5.82 Å². The van der Waals surface area contributed by atoms with Gasteiger partial charge in [-0.2, -0.15) is 9.78 Å². The highest BCUT2D eigenvalue weighted by atomic mass is 16.7. The standard InChI is InChI=1S/C20H16N8O4/c1-11(13-7-8-14-15(9-13)31-10-30-14)22-24-20(29)16-17(12-5-3-2-4-6-12)28(27-23-16)19-18(21)25-32-26-19/h2-9H,10H2,1H3,(H2,21,25)(H,24,29). The van der Waals surface area contributed by atoms with E-state index in [-0.39, 0.29) is 24.1 Å². The second kappa shape index (κ2) is 7.83. The number of fused-ring (bicyclic) bond motifs is 1. The van der Waals surface area contributed by atoms with Crippen molar-refractivity contribution in [2.75, 3.05) is 12.5 Å². The van der Waals surface area contributed by atoms with Gasteiger partial charge in [-0.15, -0.1) is 5.10 Å². The molecule has 2 aromatic carbocycles. The van der Waals surface area contributed by atoms with E-state index < -0.39 is 5.91 Å². The van der Waals surface area contributed by atoms with Crippen LogP contribution in [-0.2, 0) is 0 Å². The second-order valence-corrected chi connectivity index (χ2v) is 6.74. The fourth-order valence-corrected chi connectivity index (χ4v) is 3.15. The fourth-order valence-electron chi connectivity index (χ4n) is 3.15. The number of nitrogens with zero attached hydrogens (tertiary/aromatic N) is 6. The largest absolute Gasteiger partial charge is 0.454 e. The van der Waals surface area contributed by atoms with Crippen molar-refractivity contribution in [3.05, 3.63) is 59.8 Å². The van der Waals surface area contributed by atoms with E-state index >= 15 is 0 Å². The molecule has 3 N–H and O–H groups in total. The molecule has 12 heteroatoms. The summed E-state index contributed by atoms with van der Waals surface area (Å²) in [6.07, 6.45) is 0. The number of carbonyl (C=O) groups is 1. The molecule has 32 heavy (non-hydrogen) atoms. The highest BCUT2D eigenvalue weighted by Crippen LogP contribution is 2.32. The molecule has 0 aliphatic carbocycles. The van der Waals surface area contributed by atoms with Crippen LogP contribution in [-0.4, -0.2) is 43.7 Å². The van der Waals surface area contributed by atoms with Crippen molar-refractivity contribution >= 4 is 17.4 Å². The third kappa shape index (κ3) is 3.39. The van der Waals surface area contributed by atoms with Gasteiger partial charge in [-0.3, -0.25) is 4.79 Å². The molecular formula is C20H16N8O4. The lowest BCUT2D eigenvalue weighted by Gasteiger charge is -2.06. The van der Waals surface area contributed by atoms with Crippen LogP contribution in [0.1, 0.15) is 23.0 Å². The van der Waals surface area contributed by atoms with Gasteiger partial charge in [0.15, 0.2) is 17.2 Å². The first-order chi connectivity index (χ1) is 15.6. The first-order valence-corrected chi connectivity index (χ1v) is 9.46. The number of nitrogens with one attached hydrogen (secondary N) is 1.